The third-order valence-electron chi connectivity index (χ3n) is 7.07. The minimum Gasteiger partial charge on any atom is -0.481 e. The molecule has 2 aromatic rings. The monoisotopic (exact) mass is 495 g/mol. The zero-order valence-electron chi connectivity index (χ0n) is 23.4. The van der Waals surface area contributed by atoms with Crippen molar-refractivity contribution in [3.63, 3.8) is 0 Å². The molecule has 0 aliphatic heterocycles. The fourth-order valence-corrected chi connectivity index (χ4v) is 4.74. The number of aliphatic carboxylic acids is 1. The Kier molecular flexibility index (Phi) is 17.7. The van der Waals surface area contributed by atoms with E-state index in [1.807, 2.05) is 30.3 Å². The Morgan fingerprint density at radius 3 is 1.56 bits per heavy atom. The highest BCUT2D eigenvalue weighted by Crippen LogP contribution is 2.28. The Morgan fingerprint density at radius 1 is 0.694 bits per heavy atom. The largest absolute Gasteiger partial charge is 0.481 e. The van der Waals surface area contributed by atoms with Crippen molar-refractivity contribution >= 4 is 5.97 Å². The van der Waals surface area contributed by atoms with Crippen molar-refractivity contribution in [1.29, 1.82) is 0 Å². The van der Waals surface area contributed by atoms with E-state index >= 15 is 0 Å². The summed E-state index contributed by atoms with van der Waals surface area (Å²) in [6.45, 7) is 6.43. The summed E-state index contributed by atoms with van der Waals surface area (Å²) < 4.78 is 0. The molecule has 0 aliphatic rings. The first-order valence-corrected chi connectivity index (χ1v) is 14.5. The normalized spacial score (nSPS) is 12.4. The first-order chi connectivity index (χ1) is 17.4. The summed E-state index contributed by atoms with van der Waals surface area (Å²) in [5, 5.41) is 8.52. The van der Waals surface area contributed by atoms with E-state index in [-0.39, 0.29) is 0 Å². The molecule has 2 aromatic carbocycles. The van der Waals surface area contributed by atoms with Gasteiger partial charge in [-0.1, -0.05) is 151 Å². The Labute approximate surface area is 221 Å². The number of aryl methyl sites for hydroxylation is 1. The second kappa shape index (κ2) is 20.0. The van der Waals surface area contributed by atoms with Crippen LogP contribution in [-0.2, 0) is 10.3 Å². The van der Waals surface area contributed by atoms with E-state index in [9.17, 15) is 4.79 Å². The molecular formula is C33H53NO2. The SMILES string of the molecule is CCCCCCCCCCCCCCCCCC(=O)O.Cc1ccccc1C(C)(N)c1ccccc1. The molecule has 3 N–H and O–H groups in total. The van der Waals surface area contributed by atoms with Crippen molar-refractivity contribution in [1.82, 2.24) is 0 Å². The predicted octanol–water partition coefficient (Wildman–Crippen LogP) is 9.55. The molecule has 0 saturated heterocycles. The van der Waals surface area contributed by atoms with E-state index in [1.165, 1.54) is 94.6 Å². The molecule has 0 heterocycles. The van der Waals surface area contributed by atoms with Crippen LogP contribution >= 0.6 is 0 Å². The van der Waals surface area contributed by atoms with Crippen LogP contribution in [0.25, 0.3) is 0 Å². The van der Waals surface area contributed by atoms with Crippen molar-refractivity contribution in [2.45, 2.75) is 129 Å². The molecule has 3 heteroatoms. The first kappa shape index (κ1) is 31.9. The van der Waals surface area contributed by atoms with E-state index in [0.717, 1.165) is 18.4 Å². The minimum absolute atomic E-state index is 0.345. The lowest BCUT2D eigenvalue weighted by molar-refractivity contribution is -0.137. The van der Waals surface area contributed by atoms with E-state index < -0.39 is 11.5 Å². The number of benzene rings is 2. The molecule has 2 rings (SSSR count). The van der Waals surface area contributed by atoms with Gasteiger partial charge in [-0.3, -0.25) is 4.79 Å². The highest BCUT2D eigenvalue weighted by Gasteiger charge is 2.24. The Balaban J connectivity index is 0.000000367. The zero-order chi connectivity index (χ0) is 26.5. The van der Waals surface area contributed by atoms with Gasteiger partial charge in [0.1, 0.15) is 0 Å². The molecular weight excluding hydrogens is 442 g/mol. The van der Waals surface area contributed by atoms with Crippen molar-refractivity contribution in [2.75, 3.05) is 0 Å². The van der Waals surface area contributed by atoms with Crippen LogP contribution in [0.5, 0.6) is 0 Å². The molecule has 1 atom stereocenters. The van der Waals surface area contributed by atoms with Crippen molar-refractivity contribution in [2.24, 2.45) is 5.73 Å². The molecule has 3 nitrogen and oxygen atoms in total. The number of hydrogen-bond acceptors (Lipinski definition) is 2. The number of hydrogen-bond donors (Lipinski definition) is 2. The molecule has 202 valence electrons. The number of carbonyl (C=O) groups is 1. The van der Waals surface area contributed by atoms with Gasteiger partial charge in [0, 0.05) is 6.42 Å². The van der Waals surface area contributed by atoms with E-state index in [2.05, 4.69) is 45.0 Å². The average molecular weight is 496 g/mol. The topological polar surface area (TPSA) is 63.3 Å². The summed E-state index contributed by atoms with van der Waals surface area (Å²) in [5.41, 5.74) is 9.59. The number of carboxylic acids is 1. The van der Waals surface area contributed by atoms with Crippen molar-refractivity contribution in [3.8, 4) is 0 Å². The minimum atomic E-state index is -0.653. The fraction of sp³-hybridized carbons (Fsp3) is 0.606. The number of unbranched alkanes of at least 4 members (excludes halogenated alkanes) is 14. The van der Waals surface area contributed by atoms with Gasteiger partial charge in [-0.25, -0.2) is 0 Å². The molecule has 0 saturated carbocycles. The molecule has 1 unspecified atom stereocenters. The maximum absolute atomic E-state index is 10.3. The lowest BCUT2D eigenvalue weighted by Crippen LogP contribution is -2.34. The van der Waals surface area contributed by atoms with Gasteiger partial charge in [0.2, 0.25) is 0 Å². The Hall–Kier alpha value is -2.13. The van der Waals surface area contributed by atoms with Crippen LogP contribution in [0.3, 0.4) is 0 Å². The lowest BCUT2D eigenvalue weighted by atomic mass is 9.83. The molecule has 0 aliphatic carbocycles. The maximum atomic E-state index is 10.3. The van der Waals surface area contributed by atoms with Gasteiger partial charge in [-0.15, -0.1) is 0 Å². The quantitative estimate of drug-likeness (QED) is 0.202. The van der Waals surface area contributed by atoms with Crippen LogP contribution in [0, 0.1) is 6.92 Å². The highest BCUT2D eigenvalue weighted by molar-refractivity contribution is 5.66. The summed E-state index contributed by atoms with van der Waals surface area (Å²) in [4.78, 5) is 10.3. The number of nitrogens with two attached hydrogens (primary N) is 1. The van der Waals surface area contributed by atoms with Gasteiger partial charge in [-0.05, 0) is 37.0 Å². The third kappa shape index (κ3) is 14.4. The second-order valence-electron chi connectivity index (χ2n) is 10.5. The van der Waals surface area contributed by atoms with Gasteiger partial charge in [0.25, 0.3) is 0 Å². The molecule has 0 radical (unpaired) electrons. The fourth-order valence-electron chi connectivity index (χ4n) is 4.74. The molecule has 0 aromatic heterocycles. The highest BCUT2D eigenvalue weighted by atomic mass is 16.4. The average Bonchev–Trinajstić information content (AvgIpc) is 2.87. The maximum Gasteiger partial charge on any atom is 0.303 e. The van der Waals surface area contributed by atoms with Gasteiger partial charge < -0.3 is 10.8 Å². The zero-order valence-corrected chi connectivity index (χ0v) is 23.4. The van der Waals surface area contributed by atoms with Gasteiger partial charge in [0.15, 0.2) is 0 Å². The second-order valence-corrected chi connectivity index (χ2v) is 10.5. The number of rotatable bonds is 18. The molecule has 36 heavy (non-hydrogen) atoms. The lowest BCUT2D eigenvalue weighted by Gasteiger charge is -2.27. The van der Waals surface area contributed by atoms with Crippen LogP contribution in [-0.4, -0.2) is 11.1 Å². The van der Waals surface area contributed by atoms with Crippen LogP contribution in [0.1, 0.15) is 133 Å². The van der Waals surface area contributed by atoms with Gasteiger partial charge >= 0.3 is 5.97 Å². The van der Waals surface area contributed by atoms with Crippen molar-refractivity contribution in [3.05, 3.63) is 71.3 Å². The van der Waals surface area contributed by atoms with E-state index in [0.29, 0.717) is 6.42 Å². The predicted molar refractivity (Wildman–Crippen MR) is 155 cm³/mol. The van der Waals surface area contributed by atoms with Gasteiger partial charge in [0.05, 0.1) is 5.54 Å². The van der Waals surface area contributed by atoms with Gasteiger partial charge in [-0.2, -0.15) is 0 Å². The standard InChI is InChI=1S/C18H36O2.C15H17N/c1-2-3-4-5-6-7-8-9-10-11-12-13-14-15-16-17-18(19)20;1-12-8-6-7-11-14(12)15(2,16)13-9-4-3-5-10-13/h2-17H2,1H3,(H,19,20);3-11H,16H2,1-2H3. The smallest absolute Gasteiger partial charge is 0.303 e. The molecule has 0 bridgehead atoms. The molecule has 0 amide bonds. The summed E-state index contributed by atoms with van der Waals surface area (Å²) in [6, 6.07) is 18.5. The summed E-state index contributed by atoms with van der Waals surface area (Å²) in [6.07, 6.45) is 20.2. The van der Waals surface area contributed by atoms with Crippen LogP contribution < -0.4 is 5.73 Å². The molecule has 0 spiro atoms. The van der Waals surface area contributed by atoms with Crippen LogP contribution in [0.4, 0.5) is 0 Å². The Bertz CT molecular complexity index is 800. The summed E-state index contributed by atoms with van der Waals surface area (Å²) >= 11 is 0. The van der Waals surface area contributed by atoms with E-state index in [1.54, 1.807) is 0 Å². The third-order valence-corrected chi connectivity index (χ3v) is 7.07. The van der Waals surface area contributed by atoms with Crippen LogP contribution in [0.15, 0.2) is 54.6 Å². The summed E-state index contributed by atoms with van der Waals surface area (Å²) in [7, 11) is 0. The Morgan fingerprint density at radius 2 is 1.11 bits per heavy atom. The first-order valence-electron chi connectivity index (χ1n) is 14.5. The van der Waals surface area contributed by atoms with E-state index in [4.69, 9.17) is 10.8 Å². The molecule has 0 fully saturated rings. The number of carboxylic acid groups (broad SMARTS) is 1. The van der Waals surface area contributed by atoms with Crippen molar-refractivity contribution < 1.29 is 9.90 Å². The summed E-state index contributed by atoms with van der Waals surface area (Å²) in [5.74, 6) is -0.653. The van der Waals surface area contributed by atoms with Crippen LogP contribution in [0.2, 0.25) is 0 Å².